The lowest BCUT2D eigenvalue weighted by Crippen LogP contribution is -2.78. The van der Waals surface area contributed by atoms with Crippen molar-refractivity contribution in [3.63, 3.8) is 0 Å². The van der Waals surface area contributed by atoms with Crippen LogP contribution >= 0.6 is 0 Å². The molecule has 3 fully saturated rings. The number of benzene rings is 3. The van der Waals surface area contributed by atoms with E-state index in [1.807, 2.05) is 20.8 Å². The van der Waals surface area contributed by atoms with E-state index < -0.39 is 89.3 Å². The van der Waals surface area contributed by atoms with Crippen molar-refractivity contribution in [3.8, 4) is 0 Å². The van der Waals surface area contributed by atoms with Crippen molar-refractivity contribution >= 4 is 29.8 Å². The third-order valence-corrected chi connectivity index (χ3v) is 10.6. The Kier molecular flexibility index (Phi) is 9.78. The van der Waals surface area contributed by atoms with Crippen LogP contribution in [0.2, 0.25) is 0 Å². The van der Waals surface area contributed by atoms with E-state index in [1.165, 1.54) is 13.8 Å². The third kappa shape index (κ3) is 6.39. The van der Waals surface area contributed by atoms with Crippen molar-refractivity contribution < 1.29 is 52.4 Å². The van der Waals surface area contributed by atoms with Crippen LogP contribution in [0.5, 0.6) is 0 Å². The Balaban J connectivity index is 1.57. The first kappa shape index (κ1) is 35.8. The lowest BCUT2D eigenvalue weighted by atomic mass is 9.47. The third-order valence-electron chi connectivity index (χ3n) is 10.6. The Morgan fingerprint density at radius 3 is 1.63 bits per heavy atom. The van der Waals surface area contributed by atoms with Gasteiger partial charge in [0, 0.05) is 19.8 Å². The van der Waals surface area contributed by atoms with Gasteiger partial charge in [-0.1, -0.05) is 61.5 Å². The average Bonchev–Trinajstić information content (AvgIpc) is 3.27. The van der Waals surface area contributed by atoms with E-state index in [-0.39, 0.29) is 29.5 Å². The number of fused-ring (bicyclic) bond motifs is 1. The summed E-state index contributed by atoms with van der Waals surface area (Å²) >= 11 is 0. The lowest BCUT2D eigenvalue weighted by Gasteiger charge is -2.63. The van der Waals surface area contributed by atoms with Gasteiger partial charge < -0.3 is 28.4 Å². The van der Waals surface area contributed by atoms with Crippen LogP contribution in [0.15, 0.2) is 91.0 Å². The molecule has 3 aromatic rings. The minimum absolute atomic E-state index is 0.0675. The van der Waals surface area contributed by atoms with Gasteiger partial charge in [0.05, 0.1) is 22.3 Å². The largest absolute Gasteiger partial charge is 0.461 e. The molecule has 11 nitrogen and oxygen atoms in total. The first-order valence-electron chi connectivity index (χ1n) is 17.1. The van der Waals surface area contributed by atoms with Crippen LogP contribution < -0.4 is 0 Å². The van der Waals surface area contributed by atoms with Gasteiger partial charge >= 0.3 is 29.8 Å². The Labute approximate surface area is 296 Å². The molecule has 2 bridgehead atoms. The second kappa shape index (κ2) is 13.9. The zero-order valence-corrected chi connectivity index (χ0v) is 29.2. The number of hydrogen-bond acceptors (Lipinski definition) is 11. The SMILES string of the molecule is CC(=O)O[C@@H]1[C@H]2C[C@H](OC(=O)c3ccccc3)[C@]3(COC(=O)c4ccccc4)[C@@H](OC(C)=O)[C@@H](OC(=O)c4ccccc4)C[C@@H](C)[C@@]13OC2(C)C. The van der Waals surface area contributed by atoms with Gasteiger partial charge in [0.1, 0.15) is 35.9 Å². The van der Waals surface area contributed by atoms with E-state index in [9.17, 15) is 24.0 Å². The summed E-state index contributed by atoms with van der Waals surface area (Å²) < 4.78 is 38.1. The highest BCUT2D eigenvalue weighted by Gasteiger charge is 2.82. The molecule has 2 aliphatic carbocycles. The smallest absolute Gasteiger partial charge is 0.338 e. The van der Waals surface area contributed by atoms with Gasteiger partial charge in [-0.3, -0.25) is 9.59 Å². The van der Waals surface area contributed by atoms with Crippen LogP contribution in [-0.2, 0) is 38.0 Å². The van der Waals surface area contributed by atoms with Crippen LogP contribution in [0.3, 0.4) is 0 Å². The fraction of sp³-hybridized carbons (Fsp3) is 0.425. The molecule has 268 valence electrons. The highest BCUT2D eigenvalue weighted by molar-refractivity contribution is 5.90. The van der Waals surface area contributed by atoms with Gasteiger partial charge in [0.25, 0.3) is 0 Å². The predicted molar refractivity (Wildman–Crippen MR) is 181 cm³/mol. The van der Waals surface area contributed by atoms with Crippen LogP contribution in [0.4, 0.5) is 0 Å². The normalized spacial score (nSPS) is 30.2. The molecule has 0 amide bonds. The zero-order chi connectivity index (χ0) is 36.6. The van der Waals surface area contributed by atoms with Crippen molar-refractivity contribution in [3.05, 3.63) is 108 Å². The van der Waals surface area contributed by atoms with Crippen LogP contribution in [0.25, 0.3) is 0 Å². The molecular weight excluding hydrogens is 656 g/mol. The maximum atomic E-state index is 13.9. The molecular formula is C40H42O11. The molecule has 2 saturated carbocycles. The van der Waals surface area contributed by atoms with Crippen LogP contribution in [0.1, 0.15) is 78.5 Å². The lowest BCUT2D eigenvalue weighted by molar-refractivity contribution is -0.316. The topological polar surface area (TPSA) is 141 Å². The molecule has 1 saturated heterocycles. The second-order valence-electron chi connectivity index (χ2n) is 14.1. The number of carbonyl (C=O) groups is 5. The summed E-state index contributed by atoms with van der Waals surface area (Å²) in [6.45, 7) is 7.57. The predicted octanol–water partition coefficient (Wildman–Crippen LogP) is 5.75. The second-order valence-corrected chi connectivity index (χ2v) is 14.1. The Morgan fingerprint density at radius 1 is 0.647 bits per heavy atom. The monoisotopic (exact) mass is 698 g/mol. The van der Waals surface area contributed by atoms with Gasteiger partial charge in [0.2, 0.25) is 0 Å². The minimum atomic E-state index is -1.77. The van der Waals surface area contributed by atoms with Crippen molar-refractivity contribution in [1.82, 2.24) is 0 Å². The molecule has 0 aromatic heterocycles. The Bertz CT molecular complexity index is 1780. The number of ether oxygens (including phenoxy) is 6. The summed E-state index contributed by atoms with van der Waals surface area (Å²) in [6, 6.07) is 25.1. The van der Waals surface area contributed by atoms with Gasteiger partial charge in [-0.25, -0.2) is 14.4 Å². The average molecular weight is 699 g/mol. The van der Waals surface area contributed by atoms with Gasteiger partial charge in [-0.2, -0.15) is 0 Å². The fourth-order valence-electron chi connectivity index (χ4n) is 8.57. The van der Waals surface area contributed by atoms with E-state index in [1.54, 1.807) is 91.0 Å². The molecule has 0 radical (unpaired) electrons. The van der Waals surface area contributed by atoms with Crippen molar-refractivity contribution in [2.45, 2.75) is 83.1 Å². The number of hydrogen-bond donors (Lipinski definition) is 0. The minimum Gasteiger partial charge on any atom is -0.461 e. The zero-order valence-electron chi connectivity index (χ0n) is 29.2. The summed E-state index contributed by atoms with van der Waals surface area (Å²) in [7, 11) is 0. The maximum absolute atomic E-state index is 13.9. The standard InChI is InChI=1S/C40H42O11/c1-24-21-31(49-36(44)28-17-11-7-12-18-28)34(48-26(3)42)39(23-46-35(43)27-15-9-6-10-16-27)32(50-37(45)29-19-13-8-14-20-29)22-30-33(47-25(2)41)40(24,39)51-38(30,4)5/h6-20,24,30-34H,21-23H2,1-5H3/t24-,30-,31+,32+,33-,34+,39-,40-/m1/s1. The molecule has 51 heavy (non-hydrogen) atoms. The van der Waals surface area contributed by atoms with E-state index in [4.69, 9.17) is 28.4 Å². The molecule has 3 aliphatic rings. The Morgan fingerprint density at radius 2 is 1.12 bits per heavy atom. The van der Waals surface area contributed by atoms with Crippen molar-refractivity contribution in [2.75, 3.05) is 6.61 Å². The highest BCUT2D eigenvalue weighted by atomic mass is 16.6. The first-order valence-corrected chi connectivity index (χ1v) is 17.1. The Hall–Kier alpha value is -5.03. The van der Waals surface area contributed by atoms with Gasteiger partial charge in [0.15, 0.2) is 6.10 Å². The molecule has 0 unspecified atom stereocenters. The summed E-state index contributed by atoms with van der Waals surface area (Å²) in [6.07, 6.45) is -4.47. The quantitative estimate of drug-likeness (QED) is 0.199. The van der Waals surface area contributed by atoms with Gasteiger partial charge in [-0.15, -0.1) is 0 Å². The van der Waals surface area contributed by atoms with Crippen LogP contribution in [0, 0.1) is 17.3 Å². The first-order chi connectivity index (χ1) is 24.3. The number of rotatable bonds is 9. The molecule has 11 heteroatoms. The van der Waals surface area contributed by atoms with E-state index in [2.05, 4.69) is 0 Å². The van der Waals surface area contributed by atoms with E-state index >= 15 is 0 Å². The maximum Gasteiger partial charge on any atom is 0.338 e. The summed E-state index contributed by atoms with van der Waals surface area (Å²) in [5, 5.41) is 0. The summed E-state index contributed by atoms with van der Waals surface area (Å²) in [5.41, 5.74) is -3.53. The van der Waals surface area contributed by atoms with Crippen molar-refractivity contribution in [2.24, 2.45) is 17.3 Å². The summed E-state index contributed by atoms with van der Waals surface area (Å²) in [4.78, 5) is 67.2. The van der Waals surface area contributed by atoms with E-state index in [0.29, 0.717) is 0 Å². The molecule has 0 N–H and O–H groups in total. The number of carbonyl (C=O) groups excluding carboxylic acids is 5. The van der Waals surface area contributed by atoms with Gasteiger partial charge in [-0.05, 0) is 69.0 Å². The van der Waals surface area contributed by atoms with E-state index in [0.717, 1.165) is 0 Å². The van der Waals surface area contributed by atoms with Crippen molar-refractivity contribution in [1.29, 1.82) is 0 Å². The highest BCUT2D eigenvalue weighted by Crippen LogP contribution is 2.68. The molecule has 1 heterocycles. The summed E-state index contributed by atoms with van der Waals surface area (Å²) in [5.74, 6) is -4.45. The van der Waals surface area contributed by atoms with Crippen LogP contribution in [-0.4, -0.2) is 72.1 Å². The molecule has 6 rings (SSSR count). The molecule has 8 atom stereocenters. The fourth-order valence-corrected chi connectivity index (χ4v) is 8.57. The molecule has 1 spiro atoms. The number of esters is 5. The molecule has 1 aliphatic heterocycles. The molecule has 3 aromatic carbocycles.